The zero-order valence-corrected chi connectivity index (χ0v) is 16.1. The predicted octanol–water partition coefficient (Wildman–Crippen LogP) is 1.39. The first-order valence-corrected chi connectivity index (χ1v) is 9.76. The lowest BCUT2D eigenvalue weighted by Crippen LogP contribution is -2.32. The molecule has 2 aromatic heterocycles. The van der Waals surface area contributed by atoms with Crippen LogP contribution in [0.5, 0.6) is 0 Å². The van der Waals surface area contributed by atoms with Gasteiger partial charge < -0.3 is 9.88 Å². The van der Waals surface area contributed by atoms with Crippen molar-refractivity contribution in [1.82, 2.24) is 24.6 Å². The van der Waals surface area contributed by atoms with Crippen molar-refractivity contribution in [2.24, 2.45) is 0 Å². The Morgan fingerprint density at radius 2 is 2.00 bits per heavy atom. The Kier molecular flexibility index (Phi) is 5.01. The molecule has 2 aliphatic heterocycles. The van der Waals surface area contributed by atoms with E-state index in [2.05, 4.69) is 16.0 Å². The molecule has 0 atom stereocenters. The summed E-state index contributed by atoms with van der Waals surface area (Å²) >= 11 is 0. The van der Waals surface area contributed by atoms with Crippen molar-refractivity contribution >= 4 is 5.91 Å². The van der Waals surface area contributed by atoms with Crippen LogP contribution in [0.15, 0.2) is 16.9 Å². The molecule has 0 radical (unpaired) electrons. The average Bonchev–Trinajstić information content (AvgIpc) is 3.27. The van der Waals surface area contributed by atoms with Gasteiger partial charge in [-0.15, -0.1) is 0 Å². The second-order valence-electron chi connectivity index (χ2n) is 7.58. The molecule has 1 fully saturated rings. The number of pyridine rings is 1. The van der Waals surface area contributed by atoms with Gasteiger partial charge in [-0.05, 0) is 51.4 Å². The monoisotopic (exact) mass is 380 g/mol. The summed E-state index contributed by atoms with van der Waals surface area (Å²) in [6, 6.07) is 5.35. The molecule has 1 saturated heterocycles. The molecule has 2 aliphatic rings. The van der Waals surface area contributed by atoms with E-state index < -0.39 is 5.56 Å². The average molecular weight is 380 g/mol. The second kappa shape index (κ2) is 7.60. The fourth-order valence-electron chi connectivity index (χ4n) is 4.04. The number of nitrogens with zero attached hydrogens (tertiary/aromatic N) is 5. The van der Waals surface area contributed by atoms with Crippen molar-refractivity contribution in [3.05, 3.63) is 50.7 Å². The lowest BCUT2D eigenvalue weighted by Gasteiger charge is -2.21. The summed E-state index contributed by atoms with van der Waals surface area (Å²) in [5, 5.41) is 13.9. The number of nitriles is 1. The van der Waals surface area contributed by atoms with E-state index in [0.29, 0.717) is 24.3 Å². The van der Waals surface area contributed by atoms with E-state index in [0.717, 1.165) is 44.0 Å². The summed E-state index contributed by atoms with van der Waals surface area (Å²) in [4.78, 5) is 31.7. The van der Waals surface area contributed by atoms with Gasteiger partial charge in [-0.1, -0.05) is 0 Å². The van der Waals surface area contributed by atoms with Gasteiger partial charge in [-0.2, -0.15) is 10.4 Å². The number of fused-ring (bicyclic) bond motifs is 1. The fraction of sp³-hybridized carbons (Fsp3) is 0.500. The normalized spacial score (nSPS) is 17.2. The Hall–Kier alpha value is -2.92. The van der Waals surface area contributed by atoms with Crippen molar-refractivity contribution in [3.8, 4) is 6.07 Å². The van der Waals surface area contributed by atoms with Gasteiger partial charge >= 0.3 is 0 Å². The Balaban J connectivity index is 1.55. The van der Waals surface area contributed by atoms with Crippen LogP contribution in [0.25, 0.3) is 0 Å². The van der Waals surface area contributed by atoms with Crippen LogP contribution in [0, 0.1) is 18.3 Å². The summed E-state index contributed by atoms with van der Waals surface area (Å²) < 4.78 is 2.01. The lowest BCUT2D eigenvalue weighted by atomic mass is 10.1. The highest BCUT2D eigenvalue weighted by atomic mass is 16.2. The molecule has 0 aromatic carbocycles. The zero-order chi connectivity index (χ0) is 19.7. The van der Waals surface area contributed by atoms with E-state index in [-0.39, 0.29) is 11.5 Å². The van der Waals surface area contributed by atoms with Gasteiger partial charge in [0.15, 0.2) is 0 Å². The molecule has 0 aliphatic carbocycles. The molecule has 146 valence electrons. The molecular weight excluding hydrogens is 356 g/mol. The molecule has 1 N–H and O–H groups in total. The van der Waals surface area contributed by atoms with Crippen LogP contribution in [0.3, 0.4) is 0 Å². The number of hydrogen-bond acceptors (Lipinski definition) is 5. The fourth-order valence-corrected chi connectivity index (χ4v) is 4.04. The minimum absolute atomic E-state index is 0.0401. The first-order valence-electron chi connectivity index (χ1n) is 9.76. The standard InChI is InChI=1S/C20H24N6O2/c1-14-18(9-15(11-21)19(27)22-14)20(28)25-7-4-8-26-17(13-25)10-16(23-26)12-24-5-2-3-6-24/h9-10H,2-8,12-13H2,1H3,(H,22,27). The molecule has 4 rings (SSSR count). The number of carbonyl (C=O) groups is 1. The number of rotatable bonds is 3. The molecule has 4 heterocycles. The Labute approximate surface area is 163 Å². The van der Waals surface area contributed by atoms with Gasteiger partial charge in [0.05, 0.1) is 23.5 Å². The first kappa shape index (κ1) is 18.4. The highest BCUT2D eigenvalue weighted by Crippen LogP contribution is 2.19. The number of likely N-dealkylation sites (tertiary alicyclic amines) is 1. The van der Waals surface area contributed by atoms with Crippen molar-refractivity contribution in [1.29, 1.82) is 5.26 Å². The molecule has 1 amide bonds. The van der Waals surface area contributed by atoms with Crippen molar-refractivity contribution in [2.75, 3.05) is 19.6 Å². The number of aryl methyl sites for hydroxylation is 2. The highest BCUT2D eigenvalue weighted by Gasteiger charge is 2.24. The molecule has 2 aromatic rings. The number of H-pyrrole nitrogens is 1. The van der Waals surface area contributed by atoms with E-state index in [1.807, 2.05) is 10.8 Å². The summed E-state index contributed by atoms with van der Waals surface area (Å²) in [5.74, 6) is -0.166. The smallest absolute Gasteiger partial charge is 0.266 e. The SMILES string of the molecule is Cc1[nH]c(=O)c(C#N)cc1C(=O)N1CCCn2nc(CN3CCCC3)cc2C1. The number of aromatic amines is 1. The Morgan fingerprint density at radius 3 is 2.75 bits per heavy atom. The topological polar surface area (TPSA) is 98.0 Å². The maximum Gasteiger partial charge on any atom is 0.266 e. The molecule has 0 spiro atoms. The van der Waals surface area contributed by atoms with E-state index in [9.17, 15) is 9.59 Å². The molecular formula is C20H24N6O2. The Bertz CT molecular complexity index is 993. The molecule has 8 nitrogen and oxygen atoms in total. The molecule has 8 heteroatoms. The lowest BCUT2D eigenvalue weighted by molar-refractivity contribution is 0.0744. The van der Waals surface area contributed by atoms with Gasteiger partial charge in [0.1, 0.15) is 11.6 Å². The van der Waals surface area contributed by atoms with Crippen molar-refractivity contribution in [3.63, 3.8) is 0 Å². The van der Waals surface area contributed by atoms with E-state index >= 15 is 0 Å². The quantitative estimate of drug-likeness (QED) is 0.868. The van der Waals surface area contributed by atoms with Crippen LogP contribution < -0.4 is 5.56 Å². The summed E-state index contributed by atoms with van der Waals surface area (Å²) in [6.45, 7) is 6.67. The van der Waals surface area contributed by atoms with Gasteiger partial charge in [-0.3, -0.25) is 19.2 Å². The minimum atomic E-state index is -0.461. The highest BCUT2D eigenvalue weighted by molar-refractivity contribution is 5.95. The van der Waals surface area contributed by atoms with Crippen LogP contribution in [0.1, 0.15) is 52.3 Å². The molecule has 0 saturated carbocycles. The maximum absolute atomic E-state index is 13.1. The van der Waals surface area contributed by atoms with E-state index in [1.165, 1.54) is 18.9 Å². The molecule has 28 heavy (non-hydrogen) atoms. The van der Waals surface area contributed by atoms with Gasteiger partial charge in [0.25, 0.3) is 11.5 Å². The maximum atomic E-state index is 13.1. The minimum Gasteiger partial charge on any atom is -0.333 e. The van der Waals surface area contributed by atoms with Crippen LogP contribution in [-0.2, 0) is 19.6 Å². The van der Waals surface area contributed by atoms with Crippen molar-refractivity contribution < 1.29 is 4.79 Å². The number of aromatic nitrogens is 3. The number of hydrogen-bond donors (Lipinski definition) is 1. The predicted molar refractivity (Wildman–Crippen MR) is 103 cm³/mol. The van der Waals surface area contributed by atoms with Gasteiger partial charge in [0.2, 0.25) is 0 Å². The van der Waals surface area contributed by atoms with Gasteiger partial charge in [0, 0.05) is 25.3 Å². The van der Waals surface area contributed by atoms with Crippen LogP contribution in [-0.4, -0.2) is 50.1 Å². The number of nitrogens with one attached hydrogen (secondary N) is 1. The van der Waals surface area contributed by atoms with E-state index in [4.69, 9.17) is 10.4 Å². The van der Waals surface area contributed by atoms with Crippen LogP contribution in [0.4, 0.5) is 0 Å². The zero-order valence-electron chi connectivity index (χ0n) is 16.1. The summed E-state index contributed by atoms with van der Waals surface area (Å²) in [7, 11) is 0. The largest absolute Gasteiger partial charge is 0.333 e. The van der Waals surface area contributed by atoms with Crippen molar-refractivity contribution in [2.45, 2.75) is 45.8 Å². The summed E-state index contributed by atoms with van der Waals surface area (Å²) in [6.07, 6.45) is 3.31. The Morgan fingerprint density at radius 1 is 1.21 bits per heavy atom. The summed E-state index contributed by atoms with van der Waals surface area (Å²) in [5.41, 5.74) is 2.45. The second-order valence-corrected chi connectivity index (χ2v) is 7.58. The first-order chi connectivity index (χ1) is 13.5. The van der Waals surface area contributed by atoms with E-state index in [1.54, 1.807) is 11.8 Å². The molecule has 0 bridgehead atoms. The number of carbonyl (C=O) groups excluding carboxylic acids is 1. The third kappa shape index (κ3) is 3.58. The molecule has 0 unspecified atom stereocenters. The third-order valence-corrected chi connectivity index (χ3v) is 5.53. The van der Waals surface area contributed by atoms with Gasteiger partial charge in [-0.25, -0.2) is 0 Å². The van der Waals surface area contributed by atoms with Crippen LogP contribution in [0.2, 0.25) is 0 Å². The van der Waals surface area contributed by atoms with Crippen LogP contribution >= 0.6 is 0 Å². The third-order valence-electron chi connectivity index (χ3n) is 5.53. The number of amides is 1.